The Labute approximate surface area is 136 Å². The molecule has 1 aromatic heterocycles. The van der Waals surface area contributed by atoms with Crippen LogP contribution in [-0.4, -0.2) is 24.2 Å². The summed E-state index contributed by atoms with van der Waals surface area (Å²) in [6.07, 6.45) is 2.09. The number of aryl methyl sites for hydroxylation is 2. The first-order chi connectivity index (χ1) is 11.1. The zero-order chi connectivity index (χ0) is 16.2. The van der Waals surface area contributed by atoms with Crippen molar-refractivity contribution >= 4 is 5.91 Å². The highest BCUT2D eigenvalue weighted by atomic mass is 16.5. The molecule has 2 atom stereocenters. The van der Waals surface area contributed by atoms with Crippen molar-refractivity contribution in [2.45, 2.75) is 32.8 Å². The maximum Gasteiger partial charge on any atom is 0.273 e. The molecule has 122 valence electrons. The first kappa shape index (κ1) is 15.7. The summed E-state index contributed by atoms with van der Waals surface area (Å²) >= 11 is 0. The molecule has 0 bridgehead atoms. The molecule has 1 aromatic carbocycles. The number of carbonyl (C=O) groups is 1. The van der Waals surface area contributed by atoms with Gasteiger partial charge in [0.2, 0.25) is 0 Å². The number of benzene rings is 1. The van der Waals surface area contributed by atoms with E-state index in [1.165, 1.54) is 11.1 Å². The molecule has 1 fully saturated rings. The van der Waals surface area contributed by atoms with Crippen LogP contribution in [0.5, 0.6) is 0 Å². The molecule has 2 aromatic rings. The zero-order valence-electron chi connectivity index (χ0n) is 13.5. The second-order valence-electron chi connectivity index (χ2n) is 6.14. The molecule has 0 unspecified atom stereocenters. The van der Waals surface area contributed by atoms with Gasteiger partial charge in [0.05, 0.1) is 6.10 Å². The molecular weight excluding hydrogens is 292 g/mol. The molecule has 5 heteroatoms. The predicted molar refractivity (Wildman–Crippen MR) is 86.2 cm³/mol. The maximum absolute atomic E-state index is 12.1. The Morgan fingerprint density at radius 1 is 1.30 bits per heavy atom. The lowest BCUT2D eigenvalue weighted by atomic mass is 9.89. The molecule has 2 heterocycles. The molecule has 0 radical (unpaired) electrons. The maximum atomic E-state index is 12.1. The second kappa shape index (κ2) is 6.96. The minimum atomic E-state index is -0.199. The molecular formula is C18H22N2O3. The average molecular weight is 314 g/mol. The van der Waals surface area contributed by atoms with Crippen molar-refractivity contribution in [3.63, 3.8) is 0 Å². The van der Waals surface area contributed by atoms with Gasteiger partial charge in [0.25, 0.3) is 5.91 Å². The van der Waals surface area contributed by atoms with E-state index in [1.807, 2.05) is 0 Å². The van der Waals surface area contributed by atoms with E-state index in [2.05, 4.69) is 41.7 Å². The van der Waals surface area contributed by atoms with E-state index in [0.717, 1.165) is 19.4 Å². The van der Waals surface area contributed by atoms with Crippen LogP contribution in [0.3, 0.4) is 0 Å². The van der Waals surface area contributed by atoms with E-state index in [-0.39, 0.29) is 17.9 Å². The summed E-state index contributed by atoms with van der Waals surface area (Å²) < 4.78 is 10.9. The summed E-state index contributed by atoms with van der Waals surface area (Å²) in [6, 6.07) is 10.1. The van der Waals surface area contributed by atoms with Crippen LogP contribution in [-0.2, 0) is 4.74 Å². The molecule has 1 N–H and O–H groups in total. The van der Waals surface area contributed by atoms with E-state index >= 15 is 0 Å². The Morgan fingerprint density at radius 3 is 2.78 bits per heavy atom. The van der Waals surface area contributed by atoms with E-state index in [0.29, 0.717) is 18.0 Å². The summed E-state index contributed by atoms with van der Waals surface area (Å²) in [7, 11) is 0. The highest BCUT2D eigenvalue weighted by Gasteiger charge is 2.28. The van der Waals surface area contributed by atoms with Crippen LogP contribution in [0.4, 0.5) is 0 Å². The third-order valence-corrected chi connectivity index (χ3v) is 4.24. The van der Waals surface area contributed by atoms with Gasteiger partial charge in [-0.15, -0.1) is 0 Å². The molecule has 0 spiro atoms. The highest BCUT2D eigenvalue weighted by Crippen LogP contribution is 2.33. The molecule has 1 aliphatic rings. The number of amides is 1. The van der Waals surface area contributed by atoms with Crippen molar-refractivity contribution in [3.8, 4) is 0 Å². The Morgan fingerprint density at radius 2 is 2.09 bits per heavy atom. The zero-order valence-corrected chi connectivity index (χ0v) is 13.5. The fourth-order valence-corrected chi connectivity index (χ4v) is 2.96. The number of nitrogens with one attached hydrogen (secondary N) is 1. The number of nitrogens with zero attached hydrogens (tertiary/aromatic N) is 1. The van der Waals surface area contributed by atoms with Crippen molar-refractivity contribution in [1.29, 1.82) is 0 Å². The average Bonchev–Trinajstić information content (AvgIpc) is 3.00. The lowest BCUT2D eigenvalue weighted by molar-refractivity contribution is -0.0272. The predicted octanol–water partition coefficient (Wildman–Crippen LogP) is 3.19. The Hall–Kier alpha value is -2.14. The van der Waals surface area contributed by atoms with E-state index < -0.39 is 0 Å². The quantitative estimate of drug-likeness (QED) is 0.941. The van der Waals surface area contributed by atoms with E-state index in [1.54, 1.807) is 13.0 Å². The van der Waals surface area contributed by atoms with Crippen molar-refractivity contribution in [2.24, 2.45) is 5.92 Å². The Bertz CT molecular complexity index is 663. The highest BCUT2D eigenvalue weighted by molar-refractivity contribution is 5.92. The topological polar surface area (TPSA) is 64.4 Å². The second-order valence-corrected chi connectivity index (χ2v) is 6.14. The summed E-state index contributed by atoms with van der Waals surface area (Å²) in [5, 5.41) is 6.70. The lowest BCUT2D eigenvalue weighted by Crippen LogP contribution is -2.35. The number of carbonyl (C=O) groups excluding carboxylic acids is 1. The largest absolute Gasteiger partial charge is 0.373 e. The van der Waals surface area contributed by atoms with Crippen LogP contribution in [0.15, 0.2) is 34.9 Å². The van der Waals surface area contributed by atoms with Gasteiger partial charge in [-0.05, 0) is 32.3 Å². The third-order valence-electron chi connectivity index (χ3n) is 4.24. The summed E-state index contributed by atoms with van der Waals surface area (Å²) in [6.45, 7) is 5.18. The van der Waals surface area contributed by atoms with Crippen LogP contribution < -0.4 is 5.32 Å². The van der Waals surface area contributed by atoms with E-state index in [9.17, 15) is 4.79 Å². The number of hydrogen-bond acceptors (Lipinski definition) is 4. The summed E-state index contributed by atoms with van der Waals surface area (Å²) in [5.74, 6) is 0.701. The SMILES string of the molecule is Cc1ccc([C@@H]2OCCC[C@@H]2CNC(=O)c2cc(C)on2)cc1. The van der Waals surface area contributed by atoms with Gasteiger partial charge < -0.3 is 14.6 Å². The smallest absolute Gasteiger partial charge is 0.273 e. The van der Waals surface area contributed by atoms with Crippen molar-refractivity contribution < 1.29 is 14.1 Å². The molecule has 1 aliphatic heterocycles. The van der Waals surface area contributed by atoms with Crippen LogP contribution in [0.1, 0.15) is 46.3 Å². The molecule has 5 nitrogen and oxygen atoms in total. The third kappa shape index (κ3) is 3.79. The monoisotopic (exact) mass is 314 g/mol. The molecule has 0 saturated carbocycles. The van der Waals surface area contributed by atoms with E-state index in [4.69, 9.17) is 9.26 Å². The standard InChI is InChI=1S/C18H22N2O3/c1-12-5-7-14(8-6-12)17-15(4-3-9-22-17)11-19-18(21)16-10-13(2)23-20-16/h5-8,10,15,17H,3-4,9,11H2,1-2H3,(H,19,21)/t15-,17+/m1/s1. The van der Waals surface area contributed by atoms with Crippen LogP contribution >= 0.6 is 0 Å². The van der Waals surface area contributed by atoms with Gasteiger partial charge in [-0.3, -0.25) is 4.79 Å². The Balaban J connectivity index is 1.64. The first-order valence-electron chi connectivity index (χ1n) is 8.03. The van der Waals surface area contributed by atoms with Gasteiger partial charge >= 0.3 is 0 Å². The number of hydrogen-bond donors (Lipinski definition) is 1. The number of ether oxygens (including phenoxy) is 1. The molecule has 0 aliphatic carbocycles. The summed E-state index contributed by atoms with van der Waals surface area (Å²) in [4.78, 5) is 12.1. The van der Waals surface area contributed by atoms with Crippen LogP contribution in [0, 0.1) is 19.8 Å². The van der Waals surface area contributed by atoms with Crippen molar-refractivity contribution in [1.82, 2.24) is 10.5 Å². The normalized spacial score (nSPS) is 21.1. The summed E-state index contributed by atoms with van der Waals surface area (Å²) in [5.41, 5.74) is 2.73. The fraction of sp³-hybridized carbons (Fsp3) is 0.444. The minimum absolute atomic E-state index is 0.0312. The molecule has 1 amide bonds. The van der Waals surface area contributed by atoms with Crippen molar-refractivity contribution in [2.75, 3.05) is 13.2 Å². The molecule has 23 heavy (non-hydrogen) atoms. The molecule has 3 rings (SSSR count). The van der Waals surface area contributed by atoms with Crippen LogP contribution in [0.25, 0.3) is 0 Å². The van der Waals surface area contributed by atoms with Crippen LogP contribution in [0.2, 0.25) is 0 Å². The van der Waals surface area contributed by atoms with Gasteiger partial charge in [-0.2, -0.15) is 0 Å². The van der Waals surface area contributed by atoms with Gasteiger partial charge in [-0.25, -0.2) is 0 Å². The first-order valence-corrected chi connectivity index (χ1v) is 8.03. The molecule has 1 saturated heterocycles. The minimum Gasteiger partial charge on any atom is -0.373 e. The van der Waals surface area contributed by atoms with Gasteiger partial charge in [0.15, 0.2) is 5.69 Å². The van der Waals surface area contributed by atoms with Crippen molar-refractivity contribution in [3.05, 3.63) is 52.9 Å². The van der Waals surface area contributed by atoms with Gasteiger partial charge in [0.1, 0.15) is 5.76 Å². The van der Waals surface area contributed by atoms with Gasteiger partial charge in [0, 0.05) is 25.1 Å². The fourth-order valence-electron chi connectivity index (χ4n) is 2.96. The lowest BCUT2D eigenvalue weighted by Gasteiger charge is -2.32. The number of aromatic nitrogens is 1. The Kier molecular flexibility index (Phi) is 4.76. The van der Waals surface area contributed by atoms with Gasteiger partial charge in [-0.1, -0.05) is 35.0 Å². The number of rotatable bonds is 4.